The van der Waals surface area contributed by atoms with Gasteiger partial charge < -0.3 is 5.11 Å². The Labute approximate surface area is 92.0 Å². The maximum atomic E-state index is 12.0. The highest BCUT2D eigenvalue weighted by Crippen LogP contribution is 2.37. The third-order valence-corrected chi connectivity index (χ3v) is 2.45. The molecule has 0 spiro atoms. The molecular weight excluding hydrogens is 253 g/mol. The summed E-state index contributed by atoms with van der Waals surface area (Å²) in [5.74, 6) is -1.36. The third-order valence-electron chi connectivity index (χ3n) is 1.40. The molecule has 0 saturated carbocycles. The Balaban J connectivity index is 3.03. The highest BCUT2D eigenvalue weighted by molar-refractivity contribution is 8.00. The number of hydrogen-bond acceptors (Lipinski definition) is 2. The predicted molar refractivity (Wildman–Crippen MR) is 50.3 cm³/mol. The number of halogens is 4. The van der Waals surface area contributed by atoms with Gasteiger partial charge in [0, 0.05) is 4.90 Å². The van der Waals surface area contributed by atoms with Crippen LogP contribution < -0.4 is 0 Å². The molecule has 7 heteroatoms. The van der Waals surface area contributed by atoms with Gasteiger partial charge in [-0.15, -0.1) is 0 Å². The van der Waals surface area contributed by atoms with Gasteiger partial charge in [0.15, 0.2) is 0 Å². The first-order chi connectivity index (χ1) is 6.79. The molecule has 1 rings (SSSR count). The standard InChI is InChI=1S/C8H4ClF3O2S/c9-6-2-1-4(15-8(10,11)12)3-5(6)7(13)14/h1-3H,(H,13,14). The highest BCUT2D eigenvalue weighted by atomic mass is 35.5. The van der Waals surface area contributed by atoms with E-state index in [1.54, 1.807) is 0 Å². The van der Waals surface area contributed by atoms with Crippen molar-refractivity contribution in [3.8, 4) is 0 Å². The van der Waals surface area contributed by atoms with Crippen LogP contribution in [0.15, 0.2) is 23.1 Å². The molecule has 1 aromatic rings. The number of hydrogen-bond donors (Lipinski definition) is 1. The van der Waals surface area contributed by atoms with Gasteiger partial charge in [0.1, 0.15) is 0 Å². The van der Waals surface area contributed by atoms with Gasteiger partial charge in [-0.25, -0.2) is 4.79 Å². The fraction of sp³-hybridized carbons (Fsp3) is 0.125. The van der Waals surface area contributed by atoms with Crippen LogP contribution in [0.2, 0.25) is 5.02 Å². The van der Waals surface area contributed by atoms with E-state index in [0.717, 1.165) is 18.2 Å². The Bertz CT molecular complexity index is 392. The summed E-state index contributed by atoms with van der Waals surface area (Å²) < 4.78 is 35.9. The van der Waals surface area contributed by atoms with Crippen molar-refractivity contribution in [1.82, 2.24) is 0 Å². The van der Waals surface area contributed by atoms with Crippen molar-refractivity contribution in [2.24, 2.45) is 0 Å². The second kappa shape index (κ2) is 4.32. The number of carbonyl (C=O) groups is 1. The lowest BCUT2D eigenvalue weighted by Gasteiger charge is -2.06. The van der Waals surface area contributed by atoms with E-state index in [2.05, 4.69) is 0 Å². The average Bonchev–Trinajstić information content (AvgIpc) is 2.05. The van der Waals surface area contributed by atoms with Gasteiger partial charge in [-0.2, -0.15) is 13.2 Å². The van der Waals surface area contributed by atoms with Crippen molar-refractivity contribution < 1.29 is 23.1 Å². The Morgan fingerprint density at radius 1 is 1.40 bits per heavy atom. The quantitative estimate of drug-likeness (QED) is 0.821. The summed E-state index contributed by atoms with van der Waals surface area (Å²) in [6, 6.07) is 3.13. The first-order valence-electron chi connectivity index (χ1n) is 3.58. The van der Waals surface area contributed by atoms with E-state index in [-0.39, 0.29) is 27.2 Å². The molecule has 0 heterocycles. The van der Waals surface area contributed by atoms with Gasteiger partial charge in [0.05, 0.1) is 10.6 Å². The number of carboxylic acids is 1. The van der Waals surface area contributed by atoms with E-state index >= 15 is 0 Å². The predicted octanol–water partition coefficient (Wildman–Crippen LogP) is 3.65. The zero-order valence-electron chi connectivity index (χ0n) is 7.01. The topological polar surface area (TPSA) is 37.3 Å². The average molecular weight is 257 g/mol. The zero-order chi connectivity index (χ0) is 11.6. The van der Waals surface area contributed by atoms with E-state index in [1.807, 2.05) is 0 Å². The molecule has 0 radical (unpaired) electrons. The normalized spacial score (nSPS) is 11.5. The summed E-state index contributed by atoms with van der Waals surface area (Å²) in [5, 5.41) is 8.52. The number of alkyl halides is 3. The molecule has 0 fully saturated rings. The lowest BCUT2D eigenvalue weighted by atomic mass is 10.2. The molecule has 0 bridgehead atoms. The number of thioether (sulfide) groups is 1. The van der Waals surface area contributed by atoms with Gasteiger partial charge in [-0.1, -0.05) is 11.6 Å². The molecular formula is C8H4ClF3O2S. The molecule has 15 heavy (non-hydrogen) atoms. The lowest BCUT2D eigenvalue weighted by Crippen LogP contribution is -2.01. The molecule has 1 N–H and O–H groups in total. The summed E-state index contributed by atoms with van der Waals surface area (Å²) in [6.45, 7) is 0. The zero-order valence-corrected chi connectivity index (χ0v) is 8.58. The van der Waals surface area contributed by atoms with Crippen molar-refractivity contribution in [1.29, 1.82) is 0 Å². The van der Waals surface area contributed by atoms with Gasteiger partial charge in [-0.3, -0.25) is 0 Å². The van der Waals surface area contributed by atoms with E-state index in [1.165, 1.54) is 0 Å². The van der Waals surface area contributed by atoms with Crippen LogP contribution in [0.3, 0.4) is 0 Å². The molecule has 0 aliphatic heterocycles. The molecule has 0 aliphatic carbocycles. The molecule has 1 aromatic carbocycles. The van der Waals surface area contributed by atoms with E-state index in [9.17, 15) is 18.0 Å². The molecule has 82 valence electrons. The minimum atomic E-state index is -4.44. The monoisotopic (exact) mass is 256 g/mol. The Morgan fingerprint density at radius 3 is 2.47 bits per heavy atom. The second-order valence-corrected chi connectivity index (χ2v) is 4.04. The molecule has 0 amide bonds. The Morgan fingerprint density at radius 2 is 2.00 bits per heavy atom. The van der Waals surface area contributed by atoms with Crippen molar-refractivity contribution in [3.63, 3.8) is 0 Å². The number of benzene rings is 1. The SMILES string of the molecule is O=C(O)c1cc(SC(F)(F)F)ccc1Cl. The summed E-state index contributed by atoms with van der Waals surface area (Å²) >= 11 is 5.11. The maximum Gasteiger partial charge on any atom is 0.446 e. The van der Waals surface area contributed by atoms with Crippen molar-refractivity contribution in [2.45, 2.75) is 10.4 Å². The minimum Gasteiger partial charge on any atom is -0.478 e. The van der Waals surface area contributed by atoms with Crippen molar-refractivity contribution >= 4 is 29.3 Å². The van der Waals surface area contributed by atoms with E-state index in [4.69, 9.17) is 16.7 Å². The first-order valence-corrected chi connectivity index (χ1v) is 4.77. The van der Waals surface area contributed by atoms with Crippen LogP contribution in [0.1, 0.15) is 10.4 Å². The van der Waals surface area contributed by atoms with Gasteiger partial charge in [0.25, 0.3) is 0 Å². The van der Waals surface area contributed by atoms with Crippen LogP contribution in [0, 0.1) is 0 Å². The van der Waals surface area contributed by atoms with Gasteiger partial charge in [0.2, 0.25) is 0 Å². The summed E-state index contributed by atoms with van der Waals surface area (Å²) in [5.41, 5.74) is -4.78. The van der Waals surface area contributed by atoms with Crippen molar-refractivity contribution in [2.75, 3.05) is 0 Å². The fourth-order valence-corrected chi connectivity index (χ4v) is 1.64. The molecule has 0 atom stereocenters. The van der Waals surface area contributed by atoms with Crippen LogP contribution in [-0.4, -0.2) is 16.6 Å². The fourth-order valence-electron chi connectivity index (χ4n) is 0.865. The van der Waals surface area contributed by atoms with Gasteiger partial charge >= 0.3 is 11.5 Å². The number of aromatic carboxylic acids is 1. The second-order valence-electron chi connectivity index (χ2n) is 2.49. The lowest BCUT2D eigenvalue weighted by molar-refractivity contribution is -0.0328. The Kier molecular flexibility index (Phi) is 3.51. The van der Waals surface area contributed by atoms with E-state index < -0.39 is 11.5 Å². The van der Waals surface area contributed by atoms with Crippen LogP contribution in [0.25, 0.3) is 0 Å². The molecule has 0 aromatic heterocycles. The summed E-state index contributed by atoms with van der Waals surface area (Å²) in [6.07, 6.45) is 0. The van der Waals surface area contributed by atoms with Crippen LogP contribution in [0.5, 0.6) is 0 Å². The number of rotatable bonds is 2. The largest absolute Gasteiger partial charge is 0.478 e. The molecule has 0 saturated heterocycles. The molecule has 2 nitrogen and oxygen atoms in total. The van der Waals surface area contributed by atoms with Crippen LogP contribution in [0.4, 0.5) is 13.2 Å². The highest BCUT2D eigenvalue weighted by Gasteiger charge is 2.29. The summed E-state index contributed by atoms with van der Waals surface area (Å²) in [4.78, 5) is 10.4. The number of carboxylic acid groups (broad SMARTS) is 1. The van der Waals surface area contributed by atoms with E-state index in [0.29, 0.717) is 0 Å². The Hall–Kier alpha value is -0.880. The molecule has 0 aliphatic rings. The van der Waals surface area contributed by atoms with Crippen molar-refractivity contribution in [3.05, 3.63) is 28.8 Å². The summed E-state index contributed by atoms with van der Waals surface area (Å²) in [7, 11) is 0. The third kappa shape index (κ3) is 3.64. The first kappa shape index (κ1) is 12.2. The molecule has 0 unspecified atom stereocenters. The van der Waals surface area contributed by atoms with Crippen LogP contribution in [-0.2, 0) is 0 Å². The van der Waals surface area contributed by atoms with Crippen LogP contribution >= 0.6 is 23.4 Å². The van der Waals surface area contributed by atoms with Gasteiger partial charge in [-0.05, 0) is 30.0 Å². The minimum absolute atomic E-state index is 0.0889. The smallest absolute Gasteiger partial charge is 0.446 e. The maximum absolute atomic E-state index is 12.0.